The molecule has 0 radical (unpaired) electrons. The lowest BCUT2D eigenvalue weighted by molar-refractivity contribution is -0.136. The van der Waals surface area contributed by atoms with Crippen LogP contribution in [0.4, 0.5) is 4.79 Å². The number of hydrogen-bond acceptors (Lipinski definition) is 6. The highest BCUT2D eigenvalue weighted by atomic mass is 16.6. The highest BCUT2D eigenvalue weighted by Crippen LogP contribution is 2.28. The van der Waals surface area contributed by atoms with Crippen LogP contribution in [0.1, 0.15) is 23.6 Å². The van der Waals surface area contributed by atoms with Gasteiger partial charge in [-0.05, 0) is 44.0 Å². The number of fused-ring (bicyclic) bond motifs is 1. The maximum Gasteiger partial charge on any atom is 0.408 e. The Morgan fingerprint density at radius 1 is 1.10 bits per heavy atom. The molecular weight excluding hydrogens is 374 g/mol. The molecule has 1 atom stereocenters. The van der Waals surface area contributed by atoms with Crippen molar-refractivity contribution in [3.05, 3.63) is 75.6 Å². The van der Waals surface area contributed by atoms with Crippen LogP contribution in [0.3, 0.4) is 0 Å². The fraction of sp³-hybridized carbons (Fsp3) is 0.227. The smallest absolute Gasteiger partial charge is 0.408 e. The van der Waals surface area contributed by atoms with Crippen LogP contribution >= 0.6 is 0 Å². The number of carbonyl (C=O) groups excluding carboxylic acids is 2. The number of benzene rings is 2. The third-order valence-corrected chi connectivity index (χ3v) is 4.43. The second-order valence-electron chi connectivity index (χ2n) is 6.66. The molecule has 3 rings (SSSR count). The van der Waals surface area contributed by atoms with Crippen LogP contribution in [0, 0.1) is 13.8 Å². The molecule has 1 amide bonds. The van der Waals surface area contributed by atoms with Gasteiger partial charge in [-0.2, -0.15) is 0 Å². The summed E-state index contributed by atoms with van der Waals surface area (Å²) >= 11 is 0. The number of carbonyl (C=O) groups is 2. The molecular formula is C22H21NO6. The fourth-order valence-corrected chi connectivity index (χ4v) is 2.81. The zero-order valence-electron chi connectivity index (χ0n) is 16.4. The van der Waals surface area contributed by atoms with Crippen molar-refractivity contribution in [2.24, 2.45) is 0 Å². The van der Waals surface area contributed by atoms with Crippen molar-refractivity contribution in [1.29, 1.82) is 0 Å². The van der Waals surface area contributed by atoms with Crippen LogP contribution in [0.15, 0.2) is 57.7 Å². The highest BCUT2D eigenvalue weighted by Gasteiger charge is 2.20. The summed E-state index contributed by atoms with van der Waals surface area (Å²) in [5.74, 6) is -0.415. The fourth-order valence-electron chi connectivity index (χ4n) is 2.81. The molecule has 0 aliphatic heterocycles. The Kier molecular flexibility index (Phi) is 5.97. The molecule has 7 heteroatoms. The molecule has 0 aliphatic carbocycles. The lowest BCUT2D eigenvalue weighted by Gasteiger charge is -2.15. The van der Waals surface area contributed by atoms with Gasteiger partial charge in [0.1, 0.15) is 24.0 Å². The summed E-state index contributed by atoms with van der Waals surface area (Å²) in [6, 6.07) is 13.0. The van der Waals surface area contributed by atoms with Crippen LogP contribution in [0.25, 0.3) is 11.0 Å². The molecule has 3 aromatic rings. The normalized spacial score (nSPS) is 11.7. The van der Waals surface area contributed by atoms with Crippen molar-refractivity contribution in [2.75, 3.05) is 0 Å². The molecule has 0 spiro atoms. The summed E-state index contributed by atoms with van der Waals surface area (Å²) in [6.07, 6.45) is -0.727. The van der Waals surface area contributed by atoms with E-state index in [4.69, 9.17) is 13.9 Å². The van der Waals surface area contributed by atoms with Gasteiger partial charge in [-0.3, -0.25) is 0 Å². The van der Waals surface area contributed by atoms with Crippen LogP contribution in [-0.4, -0.2) is 18.1 Å². The number of esters is 1. The van der Waals surface area contributed by atoms with Gasteiger partial charge in [0.25, 0.3) is 0 Å². The predicted molar refractivity (Wildman–Crippen MR) is 107 cm³/mol. The Balaban J connectivity index is 1.64. The quantitative estimate of drug-likeness (QED) is 0.403. The number of aryl methyl sites for hydroxylation is 2. The maximum absolute atomic E-state index is 12.4. The molecule has 1 unspecified atom stereocenters. The average Bonchev–Trinajstić information content (AvgIpc) is 2.69. The molecule has 29 heavy (non-hydrogen) atoms. The van der Waals surface area contributed by atoms with E-state index in [2.05, 4.69) is 5.32 Å². The summed E-state index contributed by atoms with van der Waals surface area (Å²) in [6.45, 7) is 5.08. The Bertz CT molecular complexity index is 1100. The van der Waals surface area contributed by atoms with Gasteiger partial charge in [-0.1, -0.05) is 30.3 Å². The number of rotatable bonds is 5. The molecule has 0 saturated heterocycles. The van der Waals surface area contributed by atoms with Gasteiger partial charge in [0, 0.05) is 17.0 Å². The van der Waals surface area contributed by atoms with Crippen molar-refractivity contribution in [2.45, 2.75) is 33.4 Å². The SMILES string of the molecule is Cc1cc(=O)oc2c(C)c(OC(=O)C(C)NC(=O)OCc3ccccc3)ccc12. The second-order valence-corrected chi connectivity index (χ2v) is 6.66. The molecule has 0 aliphatic rings. The second kappa shape index (κ2) is 8.60. The summed E-state index contributed by atoms with van der Waals surface area (Å²) in [7, 11) is 0. The van der Waals surface area contributed by atoms with Crippen molar-refractivity contribution >= 4 is 23.0 Å². The molecule has 0 bridgehead atoms. The van der Waals surface area contributed by atoms with Crippen LogP contribution < -0.4 is 15.7 Å². The first kappa shape index (κ1) is 20.1. The number of amides is 1. The number of alkyl carbamates (subject to hydrolysis) is 1. The number of hydrogen-bond donors (Lipinski definition) is 1. The molecule has 1 N–H and O–H groups in total. The maximum atomic E-state index is 12.4. The summed E-state index contributed by atoms with van der Waals surface area (Å²) in [5.41, 5.74) is 2.02. The van der Waals surface area contributed by atoms with Crippen molar-refractivity contribution in [1.82, 2.24) is 5.32 Å². The zero-order valence-corrected chi connectivity index (χ0v) is 16.4. The van der Waals surface area contributed by atoms with Gasteiger partial charge in [-0.15, -0.1) is 0 Å². The first-order valence-corrected chi connectivity index (χ1v) is 9.08. The van der Waals surface area contributed by atoms with E-state index >= 15 is 0 Å². The Morgan fingerprint density at radius 3 is 2.55 bits per heavy atom. The van der Waals surface area contributed by atoms with E-state index in [1.165, 1.54) is 13.0 Å². The number of nitrogens with one attached hydrogen (secondary N) is 1. The van der Waals surface area contributed by atoms with Gasteiger partial charge < -0.3 is 19.2 Å². The molecule has 1 heterocycles. The molecule has 150 valence electrons. The van der Waals surface area contributed by atoms with E-state index in [1.54, 1.807) is 26.0 Å². The molecule has 0 fully saturated rings. The van der Waals surface area contributed by atoms with E-state index in [9.17, 15) is 14.4 Å². The predicted octanol–water partition coefficient (Wildman–Crippen LogP) is 3.63. The standard InChI is InChI=1S/C22H21NO6/c1-13-11-19(24)29-20-14(2)18(10-9-17(13)20)28-21(25)15(3)23-22(26)27-12-16-7-5-4-6-8-16/h4-11,15H,12H2,1-3H3,(H,23,26). The first-order valence-electron chi connectivity index (χ1n) is 9.08. The summed E-state index contributed by atoms with van der Waals surface area (Å²) in [4.78, 5) is 35.9. The average molecular weight is 395 g/mol. The largest absolute Gasteiger partial charge is 0.445 e. The summed E-state index contributed by atoms with van der Waals surface area (Å²) < 4.78 is 15.7. The third-order valence-electron chi connectivity index (χ3n) is 4.43. The van der Waals surface area contributed by atoms with Crippen LogP contribution in [-0.2, 0) is 16.1 Å². The van der Waals surface area contributed by atoms with Crippen molar-refractivity contribution < 1.29 is 23.5 Å². The van der Waals surface area contributed by atoms with Gasteiger partial charge >= 0.3 is 17.7 Å². The van der Waals surface area contributed by atoms with Crippen LogP contribution in [0.2, 0.25) is 0 Å². The molecule has 2 aromatic carbocycles. The van der Waals surface area contributed by atoms with E-state index in [0.29, 0.717) is 11.1 Å². The lowest BCUT2D eigenvalue weighted by atomic mass is 10.1. The zero-order chi connectivity index (χ0) is 21.0. The van der Waals surface area contributed by atoms with Gasteiger partial charge in [-0.25, -0.2) is 14.4 Å². The van der Waals surface area contributed by atoms with Gasteiger partial charge in [0.2, 0.25) is 0 Å². The molecule has 7 nitrogen and oxygen atoms in total. The van der Waals surface area contributed by atoms with E-state index in [0.717, 1.165) is 16.5 Å². The first-order chi connectivity index (χ1) is 13.8. The van der Waals surface area contributed by atoms with Crippen molar-refractivity contribution in [3.63, 3.8) is 0 Å². The summed E-state index contributed by atoms with van der Waals surface area (Å²) in [5, 5.41) is 3.20. The van der Waals surface area contributed by atoms with Gasteiger partial charge in [0.05, 0.1) is 0 Å². The van der Waals surface area contributed by atoms with E-state index < -0.39 is 23.7 Å². The van der Waals surface area contributed by atoms with Crippen LogP contribution in [0.5, 0.6) is 5.75 Å². The minimum absolute atomic E-state index is 0.0939. The third kappa shape index (κ3) is 4.82. The van der Waals surface area contributed by atoms with E-state index in [1.807, 2.05) is 30.3 Å². The highest BCUT2D eigenvalue weighted by molar-refractivity contribution is 5.87. The van der Waals surface area contributed by atoms with Crippen molar-refractivity contribution in [3.8, 4) is 5.75 Å². The Labute approximate surface area is 167 Å². The molecule has 1 aromatic heterocycles. The van der Waals surface area contributed by atoms with Gasteiger partial charge in [0.15, 0.2) is 0 Å². The Morgan fingerprint density at radius 2 is 1.83 bits per heavy atom. The molecule has 0 saturated carbocycles. The minimum atomic E-state index is -0.933. The number of ether oxygens (including phenoxy) is 2. The Hall–Kier alpha value is -3.61. The topological polar surface area (TPSA) is 94.8 Å². The monoisotopic (exact) mass is 395 g/mol. The van der Waals surface area contributed by atoms with E-state index in [-0.39, 0.29) is 12.4 Å². The lowest BCUT2D eigenvalue weighted by Crippen LogP contribution is -2.41. The minimum Gasteiger partial charge on any atom is -0.445 e.